The third kappa shape index (κ3) is 2.34. The first-order chi connectivity index (χ1) is 8.47. The molecule has 0 aliphatic rings. The van der Waals surface area contributed by atoms with E-state index in [2.05, 4.69) is 10.3 Å². The van der Waals surface area contributed by atoms with Gasteiger partial charge in [0.2, 0.25) is 0 Å². The van der Waals surface area contributed by atoms with Crippen LogP contribution >= 0.6 is 0 Å². The molecule has 5 heteroatoms. The number of nitrogens with two attached hydrogens (primary N) is 1. The van der Waals surface area contributed by atoms with E-state index in [-0.39, 0.29) is 5.91 Å². The van der Waals surface area contributed by atoms with Crippen LogP contribution in [0.5, 0.6) is 0 Å². The number of benzene rings is 1. The molecule has 0 radical (unpaired) electrons. The molecule has 0 fully saturated rings. The summed E-state index contributed by atoms with van der Waals surface area (Å²) >= 11 is 0. The van der Waals surface area contributed by atoms with Crippen LogP contribution in [-0.2, 0) is 7.05 Å². The van der Waals surface area contributed by atoms with Gasteiger partial charge in [-0.1, -0.05) is 0 Å². The number of carbonyl (C=O) groups excluding carboxylic acids is 1. The molecule has 3 N–H and O–H groups in total. The summed E-state index contributed by atoms with van der Waals surface area (Å²) in [6.07, 6.45) is 3.27. The Kier molecular flexibility index (Phi) is 3.06. The number of carbonyl (C=O) groups is 1. The molecule has 0 bridgehead atoms. The zero-order valence-corrected chi connectivity index (χ0v) is 10.7. The van der Waals surface area contributed by atoms with Crippen LogP contribution in [-0.4, -0.2) is 15.5 Å². The van der Waals surface area contributed by atoms with E-state index in [1.165, 1.54) is 0 Å². The molecule has 1 aromatic heterocycles. The summed E-state index contributed by atoms with van der Waals surface area (Å²) in [4.78, 5) is 16.0. The molecular weight excluding hydrogens is 228 g/mol. The van der Waals surface area contributed by atoms with E-state index in [9.17, 15) is 4.79 Å². The molecular formula is C13H16N4O. The summed E-state index contributed by atoms with van der Waals surface area (Å²) in [6.45, 7) is 3.81. The van der Waals surface area contributed by atoms with E-state index in [4.69, 9.17) is 5.73 Å². The minimum atomic E-state index is -0.220. The second-order valence-corrected chi connectivity index (χ2v) is 4.40. The van der Waals surface area contributed by atoms with Crippen molar-refractivity contribution in [1.82, 2.24) is 9.55 Å². The molecule has 94 valence electrons. The lowest BCUT2D eigenvalue weighted by Crippen LogP contribution is -2.13. The highest BCUT2D eigenvalue weighted by Gasteiger charge is 2.11. The van der Waals surface area contributed by atoms with Gasteiger partial charge >= 0.3 is 0 Å². The number of nitrogens with zero attached hydrogens (tertiary/aromatic N) is 2. The Balaban J connectivity index is 2.24. The lowest BCUT2D eigenvalue weighted by molar-refractivity contribution is 0.102. The van der Waals surface area contributed by atoms with E-state index in [0.29, 0.717) is 5.69 Å². The summed E-state index contributed by atoms with van der Waals surface area (Å²) < 4.78 is 1.73. The molecule has 2 aromatic rings. The van der Waals surface area contributed by atoms with Crippen molar-refractivity contribution in [3.8, 4) is 0 Å². The Morgan fingerprint density at radius 2 is 2.06 bits per heavy atom. The van der Waals surface area contributed by atoms with Crippen LogP contribution < -0.4 is 11.1 Å². The van der Waals surface area contributed by atoms with E-state index in [0.717, 1.165) is 22.5 Å². The highest BCUT2D eigenvalue weighted by Crippen LogP contribution is 2.22. The monoisotopic (exact) mass is 244 g/mol. The predicted octanol–water partition coefficient (Wildman–Crippen LogP) is 1.87. The van der Waals surface area contributed by atoms with Gasteiger partial charge in [0.15, 0.2) is 0 Å². The normalized spacial score (nSPS) is 10.4. The van der Waals surface area contributed by atoms with Crippen LogP contribution in [0.3, 0.4) is 0 Å². The Morgan fingerprint density at radius 3 is 2.67 bits per heavy atom. The summed E-state index contributed by atoms with van der Waals surface area (Å²) in [5.74, 6) is -0.220. The third-order valence-electron chi connectivity index (χ3n) is 2.80. The van der Waals surface area contributed by atoms with Gasteiger partial charge in [-0.05, 0) is 37.1 Å². The van der Waals surface area contributed by atoms with Crippen molar-refractivity contribution >= 4 is 17.3 Å². The largest absolute Gasteiger partial charge is 0.399 e. The number of imidazole rings is 1. The highest BCUT2D eigenvalue weighted by molar-refractivity contribution is 6.03. The number of nitrogen functional groups attached to an aromatic ring is 1. The van der Waals surface area contributed by atoms with Gasteiger partial charge in [-0.3, -0.25) is 4.79 Å². The van der Waals surface area contributed by atoms with Gasteiger partial charge in [0.25, 0.3) is 5.91 Å². The Hall–Kier alpha value is -2.30. The first kappa shape index (κ1) is 12.2. The second kappa shape index (κ2) is 4.52. The molecule has 1 amide bonds. The molecule has 0 aliphatic carbocycles. The average Bonchev–Trinajstić information content (AvgIpc) is 2.73. The number of hydrogen-bond acceptors (Lipinski definition) is 3. The van der Waals surface area contributed by atoms with Gasteiger partial charge in [-0.25, -0.2) is 4.98 Å². The summed E-state index contributed by atoms with van der Waals surface area (Å²) in [6, 6.07) is 3.72. The van der Waals surface area contributed by atoms with Crippen LogP contribution in [0.2, 0.25) is 0 Å². The Labute approximate surface area is 106 Å². The smallest absolute Gasteiger partial charge is 0.275 e. The Bertz CT molecular complexity index is 601. The van der Waals surface area contributed by atoms with Crippen molar-refractivity contribution in [3.05, 3.63) is 41.5 Å². The summed E-state index contributed by atoms with van der Waals surface area (Å²) in [5.41, 5.74) is 9.56. The van der Waals surface area contributed by atoms with Crippen molar-refractivity contribution in [1.29, 1.82) is 0 Å². The minimum Gasteiger partial charge on any atom is -0.399 e. The maximum absolute atomic E-state index is 12.0. The van der Waals surface area contributed by atoms with E-state index < -0.39 is 0 Å². The quantitative estimate of drug-likeness (QED) is 0.792. The number of nitrogens with one attached hydrogen (secondary N) is 1. The number of amides is 1. The van der Waals surface area contributed by atoms with Gasteiger partial charge < -0.3 is 15.6 Å². The second-order valence-electron chi connectivity index (χ2n) is 4.40. The maximum Gasteiger partial charge on any atom is 0.275 e. The van der Waals surface area contributed by atoms with Crippen LogP contribution in [0.25, 0.3) is 0 Å². The fourth-order valence-corrected chi connectivity index (χ4v) is 1.69. The van der Waals surface area contributed by atoms with Gasteiger partial charge in [0.05, 0.1) is 6.33 Å². The molecule has 0 unspecified atom stereocenters. The number of hydrogen-bond donors (Lipinski definition) is 2. The summed E-state index contributed by atoms with van der Waals surface area (Å²) in [7, 11) is 1.82. The van der Waals surface area contributed by atoms with Crippen molar-refractivity contribution in [2.24, 2.45) is 7.05 Å². The van der Waals surface area contributed by atoms with Gasteiger partial charge in [0, 0.05) is 24.6 Å². The molecule has 1 heterocycles. The molecule has 1 aromatic carbocycles. The molecule has 5 nitrogen and oxygen atoms in total. The third-order valence-corrected chi connectivity index (χ3v) is 2.80. The zero-order chi connectivity index (χ0) is 13.3. The van der Waals surface area contributed by atoms with Gasteiger partial charge in [-0.15, -0.1) is 0 Å². The molecule has 0 saturated heterocycles. The van der Waals surface area contributed by atoms with Crippen molar-refractivity contribution in [2.45, 2.75) is 13.8 Å². The van der Waals surface area contributed by atoms with Crippen LogP contribution in [0.15, 0.2) is 24.7 Å². The number of aryl methyl sites for hydroxylation is 3. The topological polar surface area (TPSA) is 72.9 Å². The van der Waals surface area contributed by atoms with Gasteiger partial charge in [0.1, 0.15) is 5.69 Å². The maximum atomic E-state index is 12.0. The van der Waals surface area contributed by atoms with E-state index in [1.54, 1.807) is 17.1 Å². The molecule has 0 saturated carbocycles. The van der Waals surface area contributed by atoms with Gasteiger partial charge in [-0.2, -0.15) is 0 Å². The number of anilines is 2. The fourth-order valence-electron chi connectivity index (χ4n) is 1.69. The zero-order valence-electron chi connectivity index (χ0n) is 10.7. The number of rotatable bonds is 2. The average molecular weight is 244 g/mol. The molecule has 2 rings (SSSR count). The summed E-state index contributed by atoms with van der Waals surface area (Å²) in [5, 5.41) is 2.84. The lowest BCUT2D eigenvalue weighted by Gasteiger charge is -2.10. The van der Waals surface area contributed by atoms with Crippen LogP contribution in [0.1, 0.15) is 21.6 Å². The molecule has 0 spiro atoms. The van der Waals surface area contributed by atoms with Crippen molar-refractivity contribution < 1.29 is 4.79 Å². The SMILES string of the molecule is Cc1cc(NC(=O)c2cn(C)cn2)c(C)cc1N. The first-order valence-electron chi connectivity index (χ1n) is 5.63. The van der Waals surface area contributed by atoms with E-state index >= 15 is 0 Å². The molecule has 0 aliphatic heterocycles. The minimum absolute atomic E-state index is 0.220. The number of aromatic nitrogens is 2. The van der Waals surface area contributed by atoms with Crippen molar-refractivity contribution in [2.75, 3.05) is 11.1 Å². The first-order valence-corrected chi connectivity index (χ1v) is 5.63. The molecule has 0 atom stereocenters. The highest BCUT2D eigenvalue weighted by atomic mass is 16.1. The van der Waals surface area contributed by atoms with Crippen molar-refractivity contribution in [3.63, 3.8) is 0 Å². The fraction of sp³-hybridized carbons (Fsp3) is 0.231. The standard InChI is InChI=1S/C13H16N4O/c1-8-5-11(9(2)4-10(8)14)16-13(18)12-6-17(3)7-15-12/h4-7H,14H2,1-3H3,(H,16,18). The van der Waals surface area contributed by atoms with Crippen LogP contribution in [0.4, 0.5) is 11.4 Å². The molecule has 18 heavy (non-hydrogen) atoms. The lowest BCUT2D eigenvalue weighted by atomic mass is 10.1. The Morgan fingerprint density at radius 1 is 1.33 bits per heavy atom. The predicted molar refractivity (Wildman–Crippen MR) is 71.5 cm³/mol. The van der Waals surface area contributed by atoms with E-state index in [1.807, 2.05) is 33.0 Å². The van der Waals surface area contributed by atoms with Crippen LogP contribution in [0, 0.1) is 13.8 Å².